The fourth-order valence-electron chi connectivity index (χ4n) is 1.75. The molecule has 0 atom stereocenters. The highest BCUT2D eigenvalue weighted by atomic mass is 35.5. The summed E-state index contributed by atoms with van der Waals surface area (Å²) < 4.78 is 5.68. The molecule has 2 rings (SSSR count). The van der Waals surface area contributed by atoms with E-state index in [1.165, 1.54) is 5.56 Å². The van der Waals surface area contributed by atoms with Crippen LogP contribution in [0.2, 0.25) is 5.02 Å². The number of alkyl halides is 1. The van der Waals surface area contributed by atoms with Crippen molar-refractivity contribution in [3.63, 3.8) is 0 Å². The van der Waals surface area contributed by atoms with E-state index in [9.17, 15) is 0 Å². The lowest BCUT2D eigenvalue weighted by molar-refractivity contribution is 0.462. The van der Waals surface area contributed by atoms with Crippen LogP contribution in [0.15, 0.2) is 36.5 Å². The summed E-state index contributed by atoms with van der Waals surface area (Å²) in [4.78, 5) is 4.13. The molecule has 0 aliphatic heterocycles. The van der Waals surface area contributed by atoms with E-state index in [4.69, 9.17) is 27.9 Å². The topological polar surface area (TPSA) is 22.1 Å². The Labute approximate surface area is 123 Å². The third-order valence-corrected chi connectivity index (χ3v) is 3.37. The number of ether oxygens (including phenoxy) is 1. The summed E-state index contributed by atoms with van der Waals surface area (Å²) >= 11 is 11.7. The molecule has 0 aliphatic carbocycles. The number of rotatable bonds is 5. The molecule has 0 saturated heterocycles. The number of halogens is 2. The maximum atomic E-state index is 5.95. The van der Waals surface area contributed by atoms with Gasteiger partial charge in [0.15, 0.2) is 0 Å². The van der Waals surface area contributed by atoms with Gasteiger partial charge in [-0.15, -0.1) is 11.6 Å². The zero-order valence-electron chi connectivity index (χ0n) is 10.7. The van der Waals surface area contributed by atoms with Gasteiger partial charge in [-0.2, -0.15) is 0 Å². The van der Waals surface area contributed by atoms with Gasteiger partial charge in [-0.3, -0.25) is 0 Å². The van der Waals surface area contributed by atoms with Gasteiger partial charge in [-0.05, 0) is 29.7 Å². The van der Waals surface area contributed by atoms with Gasteiger partial charge >= 0.3 is 0 Å². The van der Waals surface area contributed by atoms with Crippen LogP contribution in [-0.2, 0) is 12.3 Å². The summed E-state index contributed by atoms with van der Waals surface area (Å²) in [6, 6.07) is 9.78. The first-order valence-electron chi connectivity index (χ1n) is 6.20. The highest BCUT2D eigenvalue weighted by Gasteiger charge is 2.04. The van der Waals surface area contributed by atoms with E-state index in [2.05, 4.69) is 24.0 Å². The molecule has 0 amide bonds. The van der Waals surface area contributed by atoms with Crippen LogP contribution in [0.25, 0.3) is 0 Å². The predicted octanol–water partition coefficient (Wildman–Crippen LogP) is 5.22. The molecule has 0 saturated carbocycles. The summed E-state index contributed by atoms with van der Waals surface area (Å²) in [6.07, 6.45) is 3.77. The van der Waals surface area contributed by atoms with Crippen LogP contribution in [0, 0.1) is 0 Å². The molecule has 0 unspecified atom stereocenters. The SMILES string of the molecule is CCCc1ccc(Oc2cc(CCl)c(Cl)cn2)cc1. The second-order valence-electron chi connectivity index (χ2n) is 4.24. The van der Waals surface area contributed by atoms with Gasteiger partial charge in [0, 0.05) is 18.1 Å². The third kappa shape index (κ3) is 3.85. The van der Waals surface area contributed by atoms with E-state index in [1.54, 1.807) is 12.3 Å². The monoisotopic (exact) mass is 295 g/mol. The smallest absolute Gasteiger partial charge is 0.219 e. The van der Waals surface area contributed by atoms with Crippen molar-refractivity contribution < 1.29 is 4.74 Å². The Morgan fingerprint density at radius 1 is 1.21 bits per heavy atom. The predicted molar refractivity (Wildman–Crippen MR) is 79.3 cm³/mol. The number of aryl methyl sites for hydroxylation is 1. The van der Waals surface area contributed by atoms with Crippen molar-refractivity contribution in [1.82, 2.24) is 4.98 Å². The number of hydrogen-bond donors (Lipinski definition) is 0. The van der Waals surface area contributed by atoms with Gasteiger partial charge in [0.1, 0.15) is 5.75 Å². The van der Waals surface area contributed by atoms with Crippen LogP contribution in [0.4, 0.5) is 0 Å². The first-order chi connectivity index (χ1) is 9.22. The molecule has 19 heavy (non-hydrogen) atoms. The molecule has 0 N–H and O–H groups in total. The van der Waals surface area contributed by atoms with Crippen molar-refractivity contribution in [3.05, 3.63) is 52.7 Å². The van der Waals surface area contributed by atoms with Crippen LogP contribution in [0.1, 0.15) is 24.5 Å². The zero-order chi connectivity index (χ0) is 13.7. The van der Waals surface area contributed by atoms with Crippen LogP contribution < -0.4 is 4.74 Å². The first kappa shape index (κ1) is 14.2. The van der Waals surface area contributed by atoms with Crippen molar-refractivity contribution in [3.8, 4) is 11.6 Å². The fraction of sp³-hybridized carbons (Fsp3) is 0.267. The lowest BCUT2D eigenvalue weighted by Gasteiger charge is -2.07. The average Bonchev–Trinajstić information content (AvgIpc) is 2.43. The quantitative estimate of drug-likeness (QED) is 0.706. The van der Waals surface area contributed by atoms with E-state index in [1.807, 2.05) is 12.1 Å². The third-order valence-electron chi connectivity index (χ3n) is 2.74. The summed E-state index contributed by atoms with van der Waals surface area (Å²) in [6.45, 7) is 2.16. The minimum absolute atomic E-state index is 0.340. The van der Waals surface area contributed by atoms with Crippen molar-refractivity contribution in [2.45, 2.75) is 25.6 Å². The summed E-state index contributed by atoms with van der Waals surface area (Å²) in [7, 11) is 0. The number of aromatic nitrogens is 1. The van der Waals surface area contributed by atoms with Crippen LogP contribution in [0.3, 0.4) is 0 Å². The van der Waals surface area contributed by atoms with Crippen molar-refractivity contribution in [1.29, 1.82) is 0 Å². The van der Waals surface area contributed by atoms with Gasteiger partial charge in [-0.25, -0.2) is 4.98 Å². The fourth-order valence-corrected chi connectivity index (χ4v) is 2.21. The van der Waals surface area contributed by atoms with Crippen LogP contribution in [0.5, 0.6) is 11.6 Å². The molecule has 0 fully saturated rings. The van der Waals surface area contributed by atoms with Gasteiger partial charge in [0.25, 0.3) is 0 Å². The Balaban J connectivity index is 2.12. The average molecular weight is 296 g/mol. The van der Waals surface area contributed by atoms with Gasteiger partial charge in [0.05, 0.1) is 5.02 Å². The number of nitrogens with zero attached hydrogens (tertiary/aromatic N) is 1. The standard InChI is InChI=1S/C15H15Cl2NO/c1-2-3-11-4-6-13(7-5-11)19-15-8-12(9-16)14(17)10-18-15/h4-8,10H,2-3,9H2,1H3. The van der Waals surface area contributed by atoms with E-state index < -0.39 is 0 Å². The van der Waals surface area contributed by atoms with Gasteiger partial charge < -0.3 is 4.74 Å². The first-order valence-corrected chi connectivity index (χ1v) is 7.11. The lowest BCUT2D eigenvalue weighted by atomic mass is 10.1. The molecular formula is C15H15Cl2NO. The van der Waals surface area contributed by atoms with Crippen LogP contribution >= 0.6 is 23.2 Å². The van der Waals surface area contributed by atoms with Crippen molar-refractivity contribution >= 4 is 23.2 Å². The molecule has 0 bridgehead atoms. The molecule has 4 heteroatoms. The zero-order valence-corrected chi connectivity index (χ0v) is 12.2. The van der Waals surface area contributed by atoms with Crippen LogP contribution in [-0.4, -0.2) is 4.98 Å². The molecule has 0 aliphatic rings. The molecular weight excluding hydrogens is 281 g/mol. The molecule has 2 nitrogen and oxygen atoms in total. The van der Waals surface area contributed by atoms with E-state index in [-0.39, 0.29) is 0 Å². The highest BCUT2D eigenvalue weighted by Crippen LogP contribution is 2.25. The van der Waals surface area contributed by atoms with Crippen molar-refractivity contribution in [2.75, 3.05) is 0 Å². The molecule has 1 heterocycles. The van der Waals surface area contributed by atoms with E-state index >= 15 is 0 Å². The number of pyridine rings is 1. The maximum absolute atomic E-state index is 5.95. The Morgan fingerprint density at radius 2 is 1.95 bits per heavy atom. The van der Waals surface area contributed by atoms with Gasteiger partial charge in [-0.1, -0.05) is 37.1 Å². The molecule has 0 radical (unpaired) electrons. The molecule has 2 aromatic rings. The Kier molecular flexibility index (Phi) is 5.06. The molecule has 100 valence electrons. The van der Waals surface area contributed by atoms with Gasteiger partial charge in [0.2, 0.25) is 5.88 Å². The largest absolute Gasteiger partial charge is 0.439 e. The maximum Gasteiger partial charge on any atom is 0.219 e. The Bertz CT molecular complexity index is 540. The minimum Gasteiger partial charge on any atom is -0.439 e. The summed E-state index contributed by atoms with van der Waals surface area (Å²) in [5, 5.41) is 0.556. The minimum atomic E-state index is 0.340. The Hall–Kier alpha value is -1.25. The summed E-state index contributed by atoms with van der Waals surface area (Å²) in [5.41, 5.74) is 2.12. The molecule has 0 spiro atoms. The van der Waals surface area contributed by atoms with E-state index in [0.29, 0.717) is 16.8 Å². The number of benzene rings is 1. The second kappa shape index (κ2) is 6.78. The molecule has 1 aromatic heterocycles. The van der Waals surface area contributed by atoms with Crippen molar-refractivity contribution in [2.24, 2.45) is 0 Å². The highest BCUT2D eigenvalue weighted by molar-refractivity contribution is 6.32. The van der Waals surface area contributed by atoms with E-state index in [0.717, 1.165) is 24.2 Å². The Morgan fingerprint density at radius 3 is 2.58 bits per heavy atom. The summed E-state index contributed by atoms with van der Waals surface area (Å²) in [5.74, 6) is 1.60. The normalized spacial score (nSPS) is 10.5. The molecule has 1 aromatic carbocycles. The second-order valence-corrected chi connectivity index (χ2v) is 4.92. The number of hydrogen-bond acceptors (Lipinski definition) is 2. The lowest BCUT2D eigenvalue weighted by Crippen LogP contribution is -1.91.